The number of thioether (sulfide) groups is 1. The summed E-state index contributed by atoms with van der Waals surface area (Å²) in [5.74, 6) is 0.746. The first kappa shape index (κ1) is 10.1. The van der Waals surface area contributed by atoms with Gasteiger partial charge in [0.2, 0.25) is 0 Å². The van der Waals surface area contributed by atoms with Crippen LogP contribution in [0.2, 0.25) is 0 Å². The van der Waals surface area contributed by atoms with E-state index in [1.165, 1.54) is 23.3 Å². The van der Waals surface area contributed by atoms with Crippen molar-refractivity contribution in [1.82, 2.24) is 5.32 Å². The zero-order valence-electron chi connectivity index (χ0n) is 8.57. The molecule has 1 fully saturated rings. The zero-order chi connectivity index (χ0) is 9.80. The molecule has 1 aromatic rings. The summed E-state index contributed by atoms with van der Waals surface area (Å²) in [5.41, 5.74) is 1.54. The molecule has 0 unspecified atom stereocenters. The highest BCUT2D eigenvalue weighted by molar-refractivity contribution is 7.98. The molecule has 0 amide bonds. The predicted octanol–water partition coefficient (Wildman–Crippen LogP) is 2.89. The minimum Gasteiger partial charge on any atom is -0.242 e. The van der Waals surface area contributed by atoms with Gasteiger partial charge in [0.05, 0.1) is 0 Å². The second-order valence-electron chi connectivity index (χ2n) is 3.69. The third-order valence-electron chi connectivity index (χ3n) is 2.85. The van der Waals surface area contributed by atoms with Gasteiger partial charge in [0.25, 0.3) is 0 Å². The fraction of sp³-hybridized carbons (Fsp3) is 0.500. The van der Waals surface area contributed by atoms with E-state index in [1.807, 2.05) is 11.8 Å². The first-order chi connectivity index (χ1) is 6.92. The third-order valence-corrected chi connectivity index (χ3v) is 3.66. The smallest absolute Gasteiger partial charge is 0.0139 e. The number of hydrogen-bond acceptors (Lipinski definition) is 1. The molecule has 75 valence electrons. The lowest BCUT2D eigenvalue weighted by Gasteiger charge is -2.23. The van der Waals surface area contributed by atoms with Crippen LogP contribution in [0.1, 0.15) is 24.3 Å². The second-order valence-corrected chi connectivity index (χ2v) is 4.54. The van der Waals surface area contributed by atoms with Crippen LogP contribution in [-0.4, -0.2) is 19.3 Å². The molecule has 0 saturated carbocycles. The zero-order valence-corrected chi connectivity index (χ0v) is 9.39. The lowest BCUT2D eigenvalue weighted by atomic mass is 9.90. The van der Waals surface area contributed by atoms with Crippen molar-refractivity contribution in [3.05, 3.63) is 29.8 Å². The number of benzene rings is 1. The van der Waals surface area contributed by atoms with E-state index in [9.17, 15) is 0 Å². The lowest BCUT2D eigenvalue weighted by molar-refractivity contribution is 0.449. The highest BCUT2D eigenvalue weighted by Crippen LogP contribution is 2.32. The Kier molecular flexibility index (Phi) is 3.49. The van der Waals surface area contributed by atoms with E-state index in [4.69, 9.17) is 0 Å². The number of rotatable bonds is 2. The Balaban J connectivity index is 2.20. The van der Waals surface area contributed by atoms with Crippen LogP contribution >= 0.6 is 11.8 Å². The normalized spacial score (nSPS) is 18.4. The van der Waals surface area contributed by atoms with Crippen molar-refractivity contribution in [3.8, 4) is 0 Å². The summed E-state index contributed by atoms with van der Waals surface area (Å²) in [5, 5.41) is 4.40. The molecule has 2 rings (SSSR count). The van der Waals surface area contributed by atoms with Crippen LogP contribution in [0.25, 0.3) is 0 Å². The van der Waals surface area contributed by atoms with Crippen molar-refractivity contribution in [2.75, 3.05) is 19.3 Å². The summed E-state index contributed by atoms with van der Waals surface area (Å²) in [4.78, 5) is 1.44. The van der Waals surface area contributed by atoms with Crippen LogP contribution in [0.4, 0.5) is 0 Å². The van der Waals surface area contributed by atoms with Crippen LogP contribution in [0.5, 0.6) is 0 Å². The second kappa shape index (κ2) is 4.85. The average molecular weight is 206 g/mol. The maximum Gasteiger partial charge on any atom is 0.0139 e. The first-order valence-electron chi connectivity index (χ1n) is 5.18. The third kappa shape index (κ3) is 2.12. The largest absolute Gasteiger partial charge is 0.242 e. The molecule has 1 aliphatic heterocycles. The van der Waals surface area contributed by atoms with E-state index in [-0.39, 0.29) is 0 Å². The lowest BCUT2D eigenvalue weighted by Crippen LogP contribution is -2.21. The predicted molar refractivity (Wildman–Crippen MR) is 62.1 cm³/mol. The van der Waals surface area contributed by atoms with Crippen LogP contribution in [-0.2, 0) is 0 Å². The van der Waals surface area contributed by atoms with E-state index in [2.05, 4.69) is 35.8 Å². The van der Waals surface area contributed by atoms with Crippen molar-refractivity contribution in [3.63, 3.8) is 0 Å². The van der Waals surface area contributed by atoms with Crippen molar-refractivity contribution in [2.24, 2.45) is 0 Å². The molecule has 0 atom stereocenters. The van der Waals surface area contributed by atoms with Crippen molar-refractivity contribution in [1.29, 1.82) is 0 Å². The van der Waals surface area contributed by atoms with Crippen LogP contribution in [0.15, 0.2) is 29.2 Å². The van der Waals surface area contributed by atoms with Gasteiger partial charge in [-0.15, -0.1) is 11.8 Å². The van der Waals surface area contributed by atoms with Gasteiger partial charge in [-0.1, -0.05) is 18.2 Å². The minimum absolute atomic E-state index is 0.746. The Labute approximate surface area is 90.3 Å². The van der Waals surface area contributed by atoms with E-state index in [1.54, 1.807) is 0 Å². The van der Waals surface area contributed by atoms with Gasteiger partial charge in [-0.2, -0.15) is 0 Å². The van der Waals surface area contributed by atoms with E-state index in [0.29, 0.717) is 0 Å². The van der Waals surface area contributed by atoms with Crippen LogP contribution in [0, 0.1) is 0 Å². The molecule has 0 aromatic heterocycles. The highest BCUT2D eigenvalue weighted by Gasteiger charge is 2.17. The molecule has 1 aliphatic rings. The van der Waals surface area contributed by atoms with Crippen molar-refractivity contribution in [2.45, 2.75) is 23.7 Å². The number of hydrogen-bond donors (Lipinski definition) is 0. The van der Waals surface area contributed by atoms with Crippen LogP contribution < -0.4 is 5.32 Å². The van der Waals surface area contributed by atoms with Gasteiger partial charge in [0.15, 0.2) is 0 Å². The minimum atomic E-state index is 0.746. The molecule has 14 heavy (non-hydrogen) atoms. The quantitative estimate of drug-likeness (QED) is 0.679. The summed E-state index contributed by atoms with van der Waals surface area (Å²) in [7, 11) is 0. The number of piperidine rings is 1. The molecular formula is C12H16NS. The Morgan fingerprint density at radius 1 is 1.21 bits per heavy atom. The highest BCUT2D eigenvalue weighted by atomic mass is 32.2. The number of nitrogens with zero attached hydrogens (tertiary/aromatic N) is 1. The molecule has 1 radical (unpaired) electrons. The summed E-state index contributed by atoms with van der Waals surface area (Å²) < 4.78 is 0. The molecule has 0 N–H and O–H groups in total. The molecule has 1 saturated heterocycles. The molecule has 0 aliphatic carbocycles. The standard InChI is InChI=1S/C12H16NS/c1-14-12-5-3-2-4-11(12)10-6-8-13-9-7-10/h2-5,10H,6-9H2,1H3. The van der Waals surface area contributed by atoms with Gasteiger partial charge >= 0.3 is 0 Å². The molecule has 1 nitrogen and oxygen atoms in total. The van der Waals surface area contributed by atoms with Crippen molar-refractivity contribution >= 4 is 11.8 Å². The van der Waals surface area contributed by atoms with E-state index >= 15 is 0 Å². The summed E-state index contributed by atoms with van der Waals surface area (Å²) in [6, 6.07) is 8.79. The Bertz CT molecular complexity index is 292. The molecule has 0 spiro atoms. The molecule has 1 aromatic carbocycles. The molecular weight excluding hydrogens is 190 g/mol. The maximum absolute atomic E-state index is 4.40. The fourth-order valence-electron chi connectivity index (χ4n) is 2.07. The van der Waals surface area contributed by atoms with Crippen molar-refractivity contribution < 1.29 is 0 Å². The first-order valence-corrected chi connectivity index (χ1v) is 6.40. The van der Waals surface area contributed by atoms with Gasteiger partial charge in [0, 0.05) is 18.0 Å². The Hall–Kier alpha value is -0.470. The van der Waals surface area contributed by atoms with Gasteiger partial charge in [0.1, 0.15) is 0 Å². The molecule has 1 heterocycles. The van der Waals surface area contributed by atoms with Gasteiger partial charge in [-0.3, -0.25) is 0 Å². The van der Waals surface area contributed by atoms with Crippen LogP contribution in [0.3, 0.4) is 0 Å². The summed E-state index contributed by atoms with van der Waals surface area (Å²) in [6.07, 6.45) is 4.63. The average Bonchev–Trinajstić information content (AvgIpc) is 2.30. The van der Waals surface area contributed by atoms with Gasteiger partial charge in [-0.25, -0.2) is 5.32 Å². The Morgan fingerprint density at radius 2 is 1.93 bits per heavy atom. The van der Waals surface area contributed by atoms with E-state index in [0.717, 1.165) is 19.0 Å². The Morgan fingerprint density at radius 3 is 2.64 bits per heavy atom. The fourth-order valence-corrected chi connectivity index (χ4v) is 2.75. The summed E-state index contributed by atoms with van der Waals surface area (Å²) >= 11 is 1.86. The van der Waals surface area contributed by atoms with E-state index < -0.39 is 0 Å². The SMILES string of the molecule is CSc1ccccc1C1CC[N]CC1. The summed E-state index contributed by atoms with van der Waals surface area (Å²) in [6.45, 7) is 2.10. The topological polar surface area (TPSA) is 14.1 Å². The monoisotopic (exact) mass is 206 g/mol. The molecule has 2 heteroatoms. The van der Waals surface area contributed by atoms with Gasteiger partial charge < -0.3 is 0 Å². The van der Waals surface area contributed by atoms with Gasteiger partial charge in [-0.05, 0) is 36.6 Å². The maximum atomic E-state index is 4.40. The molecule has 0 bridgehead atoms.